The van der Waals surface area contributed by atoms with Gasteiger partial charge in [0.1, 0.15) is 18.9 Å². The molecule has 0 bridgehead atoms. The number of hydrogen-bond acceptors (Lipinski definition) is 0. The molecule has 1 aromatic heterocycles. The zero-order valence-corrected chi connectivity index (χ0v) is 23.5. The van der Waals surface area contributed by atoms with Gasteiger partial charge in [0.05, 0.1) is 6.54 Å². The van der Waals surface area contributed by atoms with E-state index >= 15 is 0 Å². The van der Waals surface area contributed by atoms with Crippen LogP contribution in [0.2, 0.25) is 0 Å². The van der Waals surface area contributed by atoms with Crippen molar-refractivity contribution in [3.8, 4) is 0 Å². The maximum absolute atomic E-state index is 2.56. The summed E-state index contributed by atoms with van der Waals surface area (Å²) >= 11 is 0. The number of imidazole rings is 1. The Hall–Kier alpha value is -1.57. The first-order valence-corrected chi connectivity index (χ1v) is 15.5. The van der Waals surface area contributed by atoms with Crippen LogP contribution in [-0.2, 0) is 19.5 Å². The van der Waals surface area contributed by atoms with Crippen molar-refractivity contribution in [3.63, 3.8) is 0 Å². The minimum atomic E-state index is 0.998. The summed E-state index contributed by atoms with van der Waals surface area (Å²) in [5.74, 6) is 1.53. The Morgan fingerprint density at radius 3 is 1.60 bits per heavy atom. The van der Waals surface area contributed by atoms with Gasteiger partial charge in [0, 0.05) is 6.42 Å². The third-order valence-electron chi connectivity index (χ3n) is 7.54. The van der Waals surface area contributed by atoms with Crippen LogP contribution in [0, 0.1) is 0 Å². The molecule has 35 heavy (non-hydrogen) atoms. The summed E-state index contributed by atoms with van der Waals surface area (Å²) in [6.45, 7) is 6.78. The smallest absolute Gasteiger partial charge is 0.234 e. The number of benzene rings is 1. The summed E-state index contributed by atoms with van der Waals surface area (Å²) in [6, 6.07) is 11.0. The van der Waals surface area contributed by atoms with E-state index < -0.39 is 0 Å². The van der Waals surface area contributed by atoms with E-state index in [1.54, 1.807) is 0 Å². The van der Waals surface area contributed by atoms with Gasteiger partial charge >= 0.3 is 0 Å². The summed E-state index contributed by atoms with van der Waals surface area (Å²) in [5.41, 5.74) is 1.40. The SMILES string of the molecule is CCCCCCCCCCCCCCCc1n(CCCCCCCC)cc[n+]1Cc1ccccc1. The standard InChI is InChI=1S/C33H57N2/c1-3-5-7-9-11-12-13-14-15-16-17-18-23-27-33-34(28-24-19-10-8-6-4-2)29-30-35(33)31-32-25-21-20-22-26-32/h20-22,25-26,29-30H,3-19,23-24,27-28,31H2,1-2H3/q+1. The first kappa shape index (κ1) is 29.7. The number of rotatable bonds is 23. The number of aryl methyl sites for hydroxylation is 1. The normalized spacial score (nSPS) is 11.4. The summed E-state index contributed by atoms with van der Waals surface area (Å²) < 4.78 is 5.07. The fourth-order valence-corrected chi connectivity index (χ4v) is 5.28. The second-order valence-electron chi connectivity index (χ2n) is 10.8. The molecule has 2 heteroatoms. The fraction of sp³-hybridized carbons (Fsp3) is 0.727. The maximum atomic E-state index is 2.56. The molecule has 0 atom stereocenters. The van der Waals surface area contributed by atoms with Crippen LogP contribution in [0.1, 0.15) is 147 Å². The van der Waals surface area contributed by atoms with Gasteiger partial charge in [-0.3, -0.25) is 0 Å². The predicted molar refractivity (Wildman–Crippen MR) is 153 cm³/mol. The molecule has 0 fully saturated rings. The van der Waals surface area contributed by atoms with Crippen molar-refractivity contribution in [1.82, 2.24) is 4.57 Å². The largest absolute Gasteiger partial charge is 0.256 e. The quantitative estimate of drug-likeness (QED) is 0.110. The van der Waals surface area contributed by atoms with Gasteiger partial charge in [-0.25, -0.2) is 9.13 Å². The monoisotopic (exact) mass is 481 g/mol. The molecule has 0 amide bonds. The van der Waals surface area contributed by atoms with E-state index in [0.29, 0.717) is 0 Å². The van der Waals surface area contributed by atoms with Crippen LogP contribution in [0.25, 0.3) is 0 Å². The second kappa shape index (κ2) is 20.6. The summed E-state index contributed by atoms with van der Waals surface area (Å²) in [5, 5.41) is 0. The number of unbranched alkanes of at least 4 members (excludes halogenated alkanes) is 17. The lowest BCUT2D eigenvalue weighted by Gasteiger charge is -2.07. The molecule has 1 aromatic carbocycles. The highest BCUT2D eigenvalue weighted by Crippen LogP contribution is 2.14. The highest BCUT2D eigenvalue weighted by Gasteiger charge is 2.17. The Bertz CT molecular complexity index is 718. The van der Waals surface area contributed by atoms with Crippen LogP contribution in [0.15, 0.2) is 42.7 Å². The van der Waals surface area contributed by atoms with Crippen molar-refractivity contribution < 1.29 is 4.57 Å². The molecular weight excluding hydrogens is 424 g/mol. The Morgan fingerprint density at radius 1 is 0.571 bits per heavy atom. The Kier molecular flexibility index (Phi) is 17.5. The number of nitrogens with zero attached hydrogens (tertiary/aromatic N) is 2. The molecule has 0 N–H and O–H groups in total. The molecule has 0 saturated heterocycles. The molecule has 0 aliphatic carbocycles. The lowest BCUT2D eigenvalue weighted by atomic mass is 10.0. The lowest BCUT2D eigenvalue weighted by Crippen LogP contribution is -2.37. The first-order chi connectivity index (χ1) is 17.3. The predicted octanol–water partition coefficient (Wildman–Crippen LogP) is 9.82. The van der Waals surface area contributed by atoms with Gasteiger partial charge in [0.25, 0.3) is 5.82 Å². The van der Waals surface area contributed by atoms with Crippen LogP contribution < -0.4 is 4.57 Å². The zero-order chi connectivity index (χ0) is 24.8. The van der Waals surface area contributed by atoms with Gasteiger partial charge in [0.15, 0.2) is 0 Å². The van der Waals surface area contributed by atoms with Crippen LogP contribution in [-0.4, -0.2) is 4.57 Å². The highest BCUT2D eigenvalue weighted by atomic mass is 15.1. The molecule has 1 heterocycles. The van der Waals surface area contributed by atoms with Crippen molar-refractivity contribution in [1.29, 1.82) is 0 Å². The topological polar surface area (TPSA) is 8.81 Å². The molecule has 2 nitrogen and oxygen atoms in total. The van der Waals surface area contributed by atoms with Crippen LogP contribution in [0.5, 0.6) is 0 Å². The van der Waals surface area contributed by atoms with E-state index in [1.165, 1.54) is 146 Å². The van der Waals surface area contributed by atoms with Crippen molar-refractivity contribution >= 4 is 0 Å². The third kappa shape index (κ3) is 13.9. The molecule has 2 aromatic rings. The Labute approximate surface area is 218 Å². The van der Waals surface area contributed by atoms with Gasteiger partial charge in [-0.2, -0.15) is 0 Å². The van der Waals surface area contributed by atoms with Crippen LogP contribution in [0.4, 0.5) is 0 Å². The lowest BCUT2D eigenvalue weighted by molar-refractivity contribution is -0.695. The van der Waals surface area contributed by atoms with Gasteiger partial charge < -0.3 is 0 Å². The maximum Gasteiger partial charge on any atom is 0.256 e. The van der Waals surface area contributed by atoms with Gasteiger partial charge in [0.2, 0.25) is 0 Å². The van der Waals surface area contributed by atoms with E-state index in [2.05, 4.69) is 65.7 Å². The summed E-state index contributed by atoms with van der Waals surface area (Å²) in [7, 11) is 0. The fourth-order valence-electron chi connectivity index (χ4n) is 5.28. The molecule has 0 aliphatic rings. The van der Waals surface area contributed by atoms with E-state index in [-0.39, 0.29) is 0 Å². The molecule has 0 unspecified atom stereocenters. The average Bonchev–Trinajstić information content (AvgIpc) is 3.25. The summed E-state index contributed by atoms with van der Waals surface area (Å²) in [4.78, 5) is 0. The molecule has 198 valence electrons. The molecular formula is C33H57N2+. The van der Waals surface area contributed by atoms with Crippen molar-refractivity contribution in [3.05, 3.63) is 54.1 Å². The highest BCUT2D eigenvalue weighted by molar-refractivity contribution is 5.13. The number of aromatic nitrogens is 2. The second-order valence-corrected chi connectivity index (χ2v) is 10.8. The van der Waals surface area contributed by atoms with Crippen LogP contribution >= 0.6 is 0 Å². The van der Waals surface area contributed by atoms with Gasteiger partial charge in [-0.05, 0) is 24.8 Å². The average molecular weight is 482 g/mol. The zero-order valence-electron chi connectivity index (χ0n) is 23.5. The summed E-state index contributed by atoms with van der Waals surface area (Å²) in [6.07, 6.45) is 32.6. The van der Waals surface area contributed by atoms with Gasteiger partial charge in [-0.15, -0.1) is 0 Å². The van der Waals surface area contributed by atoms with Gasteiger partial charge in [-0.1, -0.05) is 147 Å². The number of hydrogen-bond donors (Lipinski definition) is 0. The first-order valence-electron chi connectivity index (χ1n) is 15.5. The Morgan fingerprint density at radius 2 is 1.06 bits per heavy atom. The minimum absolute atomic E-state index is 0.998. The Balaban J connectivity index is 1.68. The molecule has 0 saturated carbocycles. The van der Waals surface area contributed by atoms with Crippen molar-refractivity contribution in [2.75, 3.05) is 0 Å². The molecule has 0 aliphatic heterocycles. The third-order valence-corrected chi connectivity index (χ3v) is 7.54. The van der Waals surface area contributed by atoms with E-state index in [1.807, 2.05) is 0 Å². The van der Waals surface area contributed by atoms with E-state index in [0.717, 1.165) is 6.54 Å². The van der Waals surface area contributed by atoms with E-state index in [4.69, 9.17) is 0 Å². The van der Waals surface area contributed by atoms with Crippen molar-refractivity contribution in [2.45, 2.75) is 155 Å². The molecule has 0 spiro atoms. The minimum Gasteiger partial charge on any atom is -0.234 e. The molecule has 2 rings (SSSR count). The van der Waals surface area contributed by atoms with Crippen molar-refractivity contribution in [2.24, 2.45) is 0 Å². The molecule has 0 radical (unpaired) electrons. The van der Waals surface area contributed by atoms with E-state index in [9.17, 15) is 0 Å². The van der Waals surface area contributed by atoms with Crippen LogP contribution in [0.3, 0.4) is 0 Å².